The number of amidine groups is 1. The summed E-state index contributed by atoms with van der Waals surface area (Å²) in [5.41, 5.74) is 5.37. The van der Waals surface area contributed by atoms with E-state index in [9.17, 15) is 4.79 Å². The highest BCUT2D eigenvalue weighted by Crippen LogP contribution is 1.91. The van der Waals surface area contributed by atoms with Crippen molar-refractivity contribution in [3.05, 3.63) is 12.7 Å². The Kier molecular flexibility index (Phi) is 3.39. The topological polar surface area (TPSA) is 55.5 Å². The van der Waals surface area contributed by atoms with E-state index in [0.29, 0.717) is 5.84 Å². The molecule has 0 aromatic heterocycles. The molecule has 0 rings (SSSR count). The summed E-state index contributed by atoms with van der Waals surface area (Å²) in [7, 11) is 0. The number of carbonyl (C=O) groups is 1. The summed E-state index contributed by atoms with van der Waals surface area (Å²) in [4.78, 5) is 14.1. The number of rotatable bonds is 2. The highest BCUT2D eigenvalue weighted by atomic mass is 16.1. The molecule has 0 atom stereocenters. The van der Waals surface area contributed by atoms with Crippen LogP contribution in [0.15, 0.2) is 17.6 Å². The van der Waals surface area contributed by atoms with E-state index in [1.165, 1.54) is 0 Å². The van der Waals surface area contributed by atoms with Crippen LogP contribution >= 0.6 is 0 Å². The van der Waals surface area contributed by atoms with Crippen molar-refractivity contribution < 1.29 is 4.79 Å². The summed E-state index contributed by atoms with van der Waals surface area (Å²) in [5.74, 6) is 0.0833. The maximum atomic E-state index is 10.5. The van der Waals surface area contributed by atoms with Gasteiger partial charge in [-0.05, 0) is 6.08 Å². The number of amides is 1. The van der Waals surface area contributed by atoms with E-state index in [1.54, 1.807) is 0 Å². The van der Waals surface area contributed by atoms with Gasteiger partial charge in [0.2, 0.25) is 0 Å². The average Bonchev–Trinajstić information content (AvgIpc) is 1.87. The van der Waals surface area contributed by atoms with Crippen LogP contribution in [0.3, 0.4) is 0 Å². The molecule has 2 N–H and O–H groups in total. The van der Waals surface area contributed by atoms with Crippen LogP contribution in [-0.4, -0.2) is 11.7 Å². The fourth-order valence-electron chi connectivity index (χ4n) is 0.302. The molecule has 0 aliphatic carbocycles. The van der Waals surface area contributed by atoms with Crippen molar-refractivity contribution in [2.24, 2.45) is 16.6 Å². The van der Waals surface area contributed by atoms with Gasteiger partial charge in [-0.3, -0.25) is 4.79 Å². The van der Waals surface area contributed by atoms with E-state index in [-0.39, 0.29) is 11.8 Å². The summed E-state index contributed by atoms with van der Waals surface area (Å²) < 4.78 is 0. The molecule has 0 fully saturated rings. The van der Waals surface area contributed by atoms with E-state index in [2.05, 4.69) is 11.6 Å². The van der Waals surface area contributed by atoms with Crippen LogP contribution in [0.1, 0.15) is 13.8 Å². The number of hydrogen-bond donors (Lipinski definition) is 1. The number of hydrogen-bond acceptors (Lipinski definition) is 1. The van der Waals surface area contributed by atoms with Crippen molar-refractivity contribution in [2.75, 3.05) is 0 Å². The first-order chi connectivity index (χ1) is 4.57. The Labute approximate surface area is 60.6 Å². The van der Waals surface area contributed by atoms with E-state index >= 15 is 0 Å². The van der Waals surface area contributed by atoms with Crippen molar-refractivity contribution in [3.63, 3.8) is 0 Å². The van der Waals surface area contributed by atoms with Gasteiger partial charge in [-0.1, -0.05) is 20.4 Å². The molecular weight excluding hydrogens is 128 g/mol. The molecule has 0 aliphatic heterocycles. The molecule has 0 saturated heterocycles. The van der Waals surface area contributed by atoms with Gasteiger partial charge < -0.3 is 5.73 Å². The molecule has 1 amide bonds. The maximum Gasteiger partial charge on any atom is 0.270 e. The fourth-order valence-corrected chi connectivity index (χ4v) is 0.302. The van der Waals surface area contributed by atoms with Crippen LogP contribution < -0.4 is 5.73 Å². The minimum atomic E-state index is -0.383. The van der Waals surface area contributed by atoms with Gasteiger partial charge in [0.1, 0.15) is 5.84 Å². The van der Waals surface area contributed by atoms with Gasteiger partial charge in [-0.2, -0.15) is 4.99 Å². The van der Waals surface area contributed by atoms with Gasteiger partial charge in [0, 0.05) is 5.92 Å². The summed E-state index contributed by atoms with van der Waals surface area (Å²) in [5, 5.41) is 0. The number of nitrogens with zero attached hydrogens (tertiary/aromatic N) is 1. The second-order valence-corrected chi connectivity index (χ2v) is 2.23. The molecular formula is C7H12N2O. The Morgan fingerprint density at radius 3 is 2.50 bits per heavy atom. The molecule has 3 nitrogen and oxygen atoms in total. The first kappa shape index (κ1) is 8.88. The Morgan fingerprint density at radius 2 is 2.20 bits per heavy atom. The van der Waals surface area contributed by atoms with Gasteiger partial charge in [0.05, 0.1) is 0 Å². The molecule has 3 heteroatoms. The van der Waals surface area contributed by atoms with Gasteiger partial charge in [-0.25, -0.2) is 0 Å². The second kappa shape index (κ2) is 3.82. The molecule has 0 aliphatic rings. The monoisotopic (exact) mass is 140 g/mol. The third-order valence-electron chi connectivity index (χ3n) is 1.01. The zero-order valence-electron chi connectivity index (χ0n) is 6.29. The van der Waals surface area contributed by atoms with E-state index in [0.717, 1.165) is 6.08 Å². The van der Waals surface area contributed by atoms with Crippen molar-refractivity contribution in [2.45, 2.75) is 13.8 Å². The Hall–Kier alpha value is -1.12. The minimum absolute atomic E-state index is 0.115. The standard InChI is InChI=1S/C7H12N2O/c1-4-6(10)9-7(8)5(2)3/h4-5H,1H2,2-3H3,(H2,8,9,10). The first-order valence-corrected chi connectivity index (χ1v) is 3.08. The van der Waals surface area contributed by atoms with E-state index < -0.39 is 0 Å². The van der Waals surface area contributed by atoms with Gasteiger partial charge in [-0.15, -0.1) is 0 Å². The Balaban J connectivity index is 4.16. The predicted molar refractivity (Wildman–Crippen MR) is 41.7 cm³/mol. The van der Waals surface area contributed by atoms with Gasteiger partial charge >= 0.3 is 0 Å². The molecule has 56 valence electrons. The lowest BCUT2D eigenvalue weighted by atomic mass is 10.2. The summed E-state index contributed by atoms with van der Waals surface area (Å²) in [6.07, 6.45) is 1.13. The van der Waals surface area contributed by atoms with Crippen molar-refractivity contribution in [1.82, 2.24) is 0 Å². The molecule has 0 spiro atoms. The van der Waals surface area contributed by atoms with Crippen LogP contribution in [0.25, 0.3) is 0 Å². The zero-order valence-corrected chi connectivity index (χ0v) is 6.29. The Morgan fingerprint density at radius 1 is 1.70 bits per heavy atom. The average molecular weight is 140 g/mol. The largest absolute Gasteiger partial charge is 0.387 e. The summed E-state index contributed by atoms with van der Waals surface area (Å²) >= 11 is 0. The SMILES string of the molecule is C=CC(=O)N=C(N)C(C)C. The number of nitrogens with two attached hydrogens (primary N) is 1. The van der Waals surface area contributed by atoms with Crippen molar-refractivity contribution >= 4 is 11.7 Å². The van der Waals surface area contributed by atoms with Crippen molar-refractivity contribution in [1.29, 1.82) is 0 Å². The quantitative estimate of drug-likeness (QED) is 0.349. The summed E-state index contributed by atoms with van der Waals surface area (Å²) in [6, 6.07) is 0. The third kappa shape index (κ3) is 3.02. The molecule has 0 bridgehead atoms. The number of aliphatic imine (C=N–C) groups is 1. The van der Waals surface area contributed by atoms with Crippen LogP contribution in [0.4, 0.5) is 0 Å². The van der Waals surface area contributed by atoms with Crippen LogP contribution in [-0.2, 0) is 4.79 Å². The van der Waals surface area contributed by atoms with E-state index in [1.807, 2.05) is 13.8 Å². The normalized spacial score (nSPS) is 11.7. The second-order valence-electron chi connectivity index (χ2n) is 2.23. The lowest BCUT2D eigenvalue weighted by Gasteiger charge is -2.00. The van der Waals surface area contributed by atoms with E-state index in [4.69, 9.17) is 5.73 Å². The highest BCUT2D eigenvalue weighted by molar-refractivity contribution is 5.99. The van der Waals surface area contributed by atoms with Gasteiger partial charge in [0.15, 0.2) is 0 Å². The Bertz CT molecular complexity index is 170. The van der Waals surface area contributed by atoms with Crippen LogP contribution in [0.5, 0.6) is 0 Å². The molecule has 0 unspecified atom stereocenters. The van der Waals surface area contributed by atoms with Gasteiger partial charge in [0.25, 0.3) is 5.91 Å². The predicted octanol–water partition coefficient (Wildman–Crippen LogP) is 0.712. The lowest BCUT2D eigenvalue weighted by Crippen LogP contribution is -2.20. The molecule has 0 aromatic carbocycles. The summed E-state index contributed by atoms with van der Waals surface area (Å²) in [6.45, 7) is 7.00. The van der Waals surface area contributed by atoms with Crippen LogP contribution in [0, 0.1) is 5.92 Å². The molecule has 10 heavy (non-hydrogen) atoms. The molecule has 0 saturated carbocycles. The molecule has 0 aromatic rings. The zero-order chi connectivity index (χ0) is 8.15. The maximum absolute atomic E-state index is 10.5. The van der Waals surface area contributed by atoms with Crippen LogP contribution in [0.2, 0.25) is 0 Å². The highest BCUT2D eigenvalue weighted by Gasteiger charge is 1.99. The molecule has 0 heterocycles. The smallest absolute Gasteiger partial charge is 0.270 e. The fraction of sp³-hybridized carbons (Fsp3) is 0.429. The first-order valence-electron chi connectivity index (χ1n) is 3.08. The minimum Gasteiger partial charge on any atom is -0.387 e. The third-order valence-corrected chi connectivity index (χ3v) is 1.01. The van der Waals surface area contributed by atoms with Crippen molar-refractivity contribution in [3.8, 4) is 0 Å². The molecule has 0 radical (unpaired) electrons. The lowest BCUT2D eigenvalue weighted by molar-refractivity contribution is -0.113. The number of carbonyl (C=O) groups excluding carboxylic acids is 1.